The quantitative estimate of drug-likeness (QED) is 0.349. The van der Waals surface area contributed by atoms with Crippen molar-refractivity contribution in [1.82, 2.24) is 30.1 Å². The van der Waals surface area contributed by atoms with E-state index in [1.54, 1.807) is 16.8 Å². The van der Waals surface area contributed by atoms with Crippen LogP contribution in [0.5, 0.6) is 0 Å². The van der Waals surface area contributed by atoms with Gasteiger partial charge in [-0.2, -0.15) is 0 Å². The van der Waals surface area contributed by atoms with Crippen LogP contribution in [0, 0.1) is 12.7 Å². The number of hydrogen-bond acceptors (Lipinski definition) is 5. The first-order chi connectivity index (χ1) is 17.5. The Hall–Kier alpha value is -4.17. The lowest BCUT2D eigenvalue weighted by molar-refractivity contribution is 0.214. The number of nitrogens with zero attached hydrogens (tertiary/aromatic N) is 5. The molecule has 0 aliphatic carbocycles. The highest BCUT2D eigenvalue weighted by Crippen LogP contribution is 2.28. The Balaban J connectivity index is 1.63. The Morgan fingerprint density at radius 1 is 1.00 bits per heavy atom. The van der Waals surface area contributed by atoms with Crippen LogP contribution in [0.2, 0.25) is 0 Å². The maximum Gasteiger partial charge on any atom is 0.253 e. The number of benzene rings is 3. The van der Waals surface area contributed by atoms with E-state index in [9.17, 15) is 9.18 Å². The molecule has 2 heterocycles. The minimum atomic E-state index is -0.500. The first-order valence-corrected chi connectivity index (χ1v) is 11.9. The molecule has 3 aromatic carbocycles. The van der Waals surface area contributed by atoms with Gasteiger partial charge in [0.1, 0.15) is 11.9 Å². The fourth-order valence-electron chi connectivity index (χ4n) is 4.52. The SMILES string of the molecule is CCN(Cc1ccccc1)C(c1cc2ccc(C)cc2[nH]c1=O)c1nnnn1Cc1ccc(F)cc1. The molecule has 1 N–H and O–H groups in total. The summed E-state index contributed by atoms with van der Waals surface area (Å²) in [6.45, 7) is 5.68. The second-order valence-corrected chi connectivity index (χ2v) is 8.92. The van der Waals surface area contributed by atoms with Crippen LogP contribution >= 0.6 is 0 Å². The number of pyridine rings is 1. The molecule has 1 atom stereocenters. The van der Waals surface area contributed by atoms with E-state index >= 15 is 0 Å². The number of aryl methyl sites for hydroxylation is 1. The van der Waals surface area contributed by atoms with E-state index in [4.69, 9.17) is 0 Å². The second kappa shape index (κ2) is 10.2. The number of halogens is 1. The zero-order chi connectivity index (χ0) is 25.1. The van der Waals surface area contributed by atoms with Gasteiger partial charge in [-0.3, -0.25) is 9.69 Å². The molecule has 0 saturated heterocycles. The first kappa shape index (κ1) is 23.6. The molecule has 8 heteroatoms. The minimum absolute atomic E-state index is 0.180. The smallest absolute Gasteiger partial charge is 0.253 e. The van der Waals surface area contributed by atoms with E-state index < -0.39 is 6.04 Å². The molecule has 5 rings (SSSR count). The van der Waals surface area contributed by atoms with Gasteiger partial charge in [-0.25, -0.2) is 9.07 Å². The number of aromatic nitrogens is 5. The summed E-state index contributed by atoms with van der Waals surface area (Å²) in [7, 11) is 0. The van der Waals surface area contributed by atoms with Crippen LogP contribution in [-0.2, 0) is 13.1 Å². The average Bonchev–Trinajstić information content (AvgIpc) is 3.33. The highest BCUT2D eigenvalue weighted by molar-refractivity contribution is 5.79. The van der Waals surface area contributed by atoms with Gasteiger partial charge in [-0.05, 0) is 70.2 Å². The van der Waals surface area contributed by atoms with Crippen LogP contribution in [0.3, 0.4) is 0 Å². The van der Waals surface area contributed by atoms with Crippen LogP contribution in [0.25, 0.3) is 10.9 Å². The Morgan fingerprint density at radius 3 is 2.53 bits per heavy atom. The van der Waals surface area contributed by atoms with Crippen LogP contribution in [0.1, 0.15) is 41.0 Å². The Labute approximate surface area is 208 Å². The number of rotatable bonds is 8. The van der Waals surface area contributed by atoms with Crippen molar-refractivity contribution in [2.75, 3.05) is 6.54 Å². The van der Waals surface area contributed by atoms with Gasteiger partial charge in [-0.1, -0.05) is 61.5 Å². The third-order valence-corrected chi connectivity index (χ3v) is 6.37. The van der Waals surface area contributed by atoms with Crippen LogP contribution in [0.15, 0.2) is 83.7 Å². The lowest BCUT2D eigenvalue weighted by Gasteiger charge is -2.30. The normalized spacial score (nSPS) is 12.3. The van der Waals surface area contributed by atoms with Crippen LogP contribution < -0.4 is 5.56 Å². The van der Waals surface area contributed by atoms with Crippen molar-refractivity contribution in [3.63, 3.8) is 0 Å². The summed E-state index contributed by atoms with van der Waals surface area (Å²) in [5, 5.41) is 13.5. The van der Waals surface area contributed by atoms with E-state index in [-0.39, 0.29) is 11.4 Å². The molecule has 0 aliphatic rings. The molecule has 182 valence electrons. The lowest BCUT2D eigenvalue weighted by Crippen LogP contribution is -2.35. The molecule has 0 radical (unpaired) electrons. The summed E-state index contributed by atoms with van der Waals surface area (Å²) >= 11 is 0. The number of tetrazole rings is 1. The number of aromatic amines is 1. The molecule has 0 spiro atoms. The number of H-pyrrole nitrogens is 1. The van der Waals surface area contributed by atoms with Gasteiger partial charge in [0, 0.05) is 17.6 Å². The maximum atomic E-state index is 13.5. The number of hydrogen-bond donors (Lipinski definition) is 1. The van der Waals surface area contributed by atoms with Crippen molar-refractivity contribution in [3.05, 3.63) is 123 Å². The first-order valence-electron chi connectivity index (χ1n) is 11.9. The summed E-state index contributed by atoms with van der Waals surface area (Å²) in [5.41, 5.74) is 4.23. The standard InChI is InChI=1S/C28H27FN6O/c1-3-34(17-20-7-5-4-6-8-20)26(24-16-22-12-9-19(2)15-25(22)30-28(24)36)27-31-32-33-35(27)18-21-10-13-23(29)14-11-21/h4-16,26H,3,17-18H2,1-2H3,(H,30,36). The molecule has 0 amide bonds. The van der Waals surface area contributed by atoms with E-state index in [2.05, 4.69) is 44.5 Å². The molecule has 5 aromatic rings. The minimum Gasteiger partial charge on any atom is -0.322 e. The molecular weight excluding hydrogens is 455 g/mol. The molecular formula is C28H27FN6O. The van der Waals surface area contributed by atoms with Crippen molar-refractivity contribution in [2.45, 2.75) is 33.0 Å². The monoisotopic (exact) mass is 482 g/mol. The van der Waals surface area contributed by atoms with E-state index in [1.165, 1.54) is 12.1 Å². The third-order valence-electron chi connectivity index (χ3n) is 6.37. The van der Waals surface area contributed by atoms with Gasteiger partial charge in [-0.15, -0.1) is 5.10 Å². The van der Waals surface area contributed by atoms with Gasteiger partial charge in [0.15, 0.2) is 5.82 Å². The van der Waals surface area contributed by atoms with Crippen molar-refractivity contribution in [2.24, 2.45) is 0 Å². The predicted octanol–water partition coefficient (Wildman–Crippen LogP) is 4.62. The van der Waals surface area contributed by atoms with E-state index in [1.807, 2.05) is 49.4 Å². The molecule has 0 bridgehead atoms. The number of nitrogens with one attached hydrogen (secondary N) is 1. The Bertz CT molecular complexity index is 1530. The lowest BCUT2D eigenvalue weighted by atomic mass is 10.0. The molecule has 1 unspecified atom stereocenters. The van der Waals surface area contributed by atoms with Crippen molar-refractivity contribution in [3.8, 4) is 0 Å². The second-order valence-electron chi connectivity index (χ2n) is 8.92. The highest BCUT2D eigenvalue weighted by Gasteiger charge is 2.30. The van der Waals surface area contributed by atoms with Gasteiger partial charge in [0.2, 0.25) is 0 Å². The predicted molar refractivity (Wildman–Crippen MR) is 137 cm³/mol. The fraction of sp³-hybridized carbons (Fsp3) is 0.214. The molecule has 0 fully saturated rings. The van der Waals surface area contributed by atoms with Gasteiger partial charge >= 0.3 is 0 Å². The summed E-state index contributed by atoms with van der Waals surface area (Å²) < 4.78 is 15.1. The van der Waals surface area contributed by atoms with Gasteiger partial charge < -0.3 is 4.98 Å². The Morgan fingerprint density at radius 2 is 1.78 bits per heavy atom. The topological polar surface area (TPSA) is 79.7 Å². The van der Waals surface area contributed by atoms with Crippen molar-refractivity contribution >= 4 is 10.9 Å². The fourth-order valence-corrected chi connectivity index (χ4v) is 4.52. The van der Waals surface area contributed by atoms with Crippen molar-refractivity contribution < 1.29 is 4.39 Å². The van der Waals surface area contributed by atoms with Crippen molar-refractivity contribution in [1.29, 1.82) is 0 Å². The zero-order valence-electron chi connectivity index (χ0n) is 20.2. The highest BCUT2D eigenvalue weighted by atomic mass is 19.1. The van der Waals surface area contributed by atoms with E-state index in [0.717, 1.165) is 27.6 Å². The summed E-state index contributed by atoms with van der Waals surface area (Å²) in [6.07, 6.45) is 0. The molecule has 36 heavy (non-hydrogen) atoms. The third kappa shape index (κ3) is 4.94. The number of fused-ring (bicyclic) bond motifs is 1. The summed E-state index contributed by atoms with van der Waals surface area (Å²) in [4.78, 5) is 18.7. The zero-order valence-corrected chi connectivity index (χ0v) is 20.2. The Kier molecular flexibility index (Phi) is 6.69. The van der Waals surface area contributed by atoms with Gasteiger partial charge in [0.25, 0.3) is 5.56 Å². The molecule has 2 aromatic heterocycles. The molecule has 0 saturated carbocycles. The van der Waals surface area contributed by atoms with Crippen LogP contribution in [-0.4, -0.2) is 36.6 Å². The van der Waals surface area contributed by atoms with Gasteiger partial charge in [0.05, 0.1) is 6.54 Å². The molecule has 0 aliphatic heterocycles. The average molecular weight is 483 g/mol. The summed E-state index contributed by atoms with van der Waals surface area (Å²) in [6, 6.07) is 23.8. The molecule has 7 nitrogen and oxygen atoms in total. The maximum absolute atomic E-state index is 13.5. The van der Waals surface area contributed by atoms with Crippen LogP contribution in [0.4, 0.5) is 4.39 Å². The largest absolute Gasteiger partial charge is 0.322 e. The summed E-state index contributed by atoms with van der Waals surface area (Å²) in [5.74, 6) is 0.251. The van der Waals surface area contributed by atoms with E-state index in [0.29, 0.717) is 31.0 Å².